The van der Waals surface area contributed by atoms with Gasteiger partial charge >= 0.3 is 0 Å². The molecule has 1 aliphatic rings. The number of nitrogens with one attached hydrogen (secondary N) is 2. The Balaban J connectivity index is 1.68. The van der Waals surface area contributed by atoms with E-state index in [9.17, 15) is 16.8 Å². The number of rotatable bonds is 7. The maximum absolute atomic E-state index is 12.5. The van der Waals surface area contributed by atoms with Crippen molar-refractivity contribution in [1.29, 1.82) is 0 Å². The van der Waals surface area contributed by atoms with Crippen molar-refractivity contribution in [3.05, 3.63) is 40.8 Å². The SMILES string of the molecule is O=S(=O)(NCc1cncs1)c1ccc(S(=O)(=O)NC2CCCCC2)cc1. The Kier molecular flexibility index (Phi) is 6.08. The number of sulfonamides is 2. The Morgan fingerprint density at radius 2 is 1.58 bits per heavy atom. The van der Waals surface area contributed by atoms with Gasteiger partial charge in [0.25, 0.3) is 0 Å². The zero-order chi connectivity index (χ0) is 18.6. The van der Waals surface area contributed by atoms with E-state index in [1.165, 1.54) is 35.6 Å². The molecule has 2 N–H and O–H groups in total. The number of thiazole rings is 1. The first-order valence-electron chi connectivity index (χ1n) is 8.36. The van der Waals surface area contributed by atoms with Crippen LogP contribution >= 0.6 is 11.3 Å². The molecule has 0 radical (unpaired) electrons. The van der Waals surface area contributed by atoms with Crippen molar-refractivity contribution in [3.8, 4) is 0 Å². The van der Waals surface area contributed by atoms with Crippen molar-refractivity contribution in [2.24, 2.45) is 0 Å². The minimum absolute atomic E-state index is 0.0265. The molecule has 7 nitrogen and oxygen atoms in total. The molecule has 0 atom stereocenters. The van der Waals surface area contributed by atoms with Gasteiger partial charge in [0.15, 0.2) is 0 Å². The van der Waals surface area contributed by atoms with E-state index in [-0.39, 0.29) is 22.4 Å². The highest BCUT2D eigenvalue weighted by Gasteiger charge is 2.22. The van der Waals surface area contributed by atoms with Gasteiger partial charge in [0, 0.05) is 23.7 Å². The van der Waals surface area contributed by atoms with Crippen LogP contribution in [0.25, 0.3) is 0 Å². The third-order valence-electron chi connectivity index (χ3n) is 4.29. The third kappa shape index (κ3) is 4.89. The lowest BCUT2D eigenvalue weighted by atomic mass is 9.96. The molecule has 0 spiro atoms. The van der Waals surface area contributed by atoms with Gasteiger partial charge in [0.1, 0.15) is 0 Å². The number of aromatic nitrogens is 1. The monoisotopic (exact) mass is 415 g/mol. The first-order valence-corrected chi connectivity index (χ1v) is 12.2. The van der Waals surface area contributed by atoms with Crippen LogP contribution in [0.1, 0.15) is 37.0 Å². The molecule has 1 saturated carbocycles. The average Bonchev–Trinajstić information content (AvgIpc) is 3.14. The second kappa shape index (κ2) is 8.13. The summed E-state index contributed by atoms with van der Waals surface area (Å²) in [4.78, 5) is 4.79. The van der Waals surface area contributed by atoms with Gasteiger partial charge in [-0.15, -0.1) is 11.3 Å². The summed E-state index contributed by atoms with van der Waals surface area (Å²) in [6.07, 6.45) is 6.46. The molecule has 3 rings (SSSR count). The van der Waals surface area contributed by atoms with Gasteiger partial charge in [-0.2, -0.15) is 0 Å². The van der Waals surface area contributed by atoms with Crippen LogP contribution < -0.4 is 9.44 Å². The van der Waals surface area contributed by atoms with Gasteiger partial charge < -0.3 is 0 Å². The molecule has 10 heteroatoms. The second-order valence-electron chi connectivity index (χ2n) is 6.22. The van der Waals surface area contributed by atoms with E-state index >= 15 is 0 Å². The van der Waals surface area contributed by atoms with E-state index in [1.54, 1.807) is 11.7 Å². The minimum atomic E-state index is -3.71. The standard InChI is InChI=1S/C16H21N3O4S3/c20-25(21,18-11-14-10-17-12-24-14)15-6-8-16(9-7-15)26(22,23)19-13-4-2-1-3-5-13/h6-10,12-13,18-19H,1-5,11H2. The Morgan fingerprint density at radius 1 is 0.962 bits per heavy atom. The third-order valence-corrected chi connectivity index (χ3v) is 8.02. The fourth-order valence-electron chi connectivity index (χ4n) is 2.88. The maximum Gasteiger partial charge on any atom is 0.240 e. The molecule has 1 aromatic carbocycles. The highest BCUT2D eigenvalue weighted by atomic mass is 32.2. The summed E-state index contributed by atoms with van der Waals surface area (Å²) in [7, 11) is -7.35. The Labute approximate surface area is 158 Å². The van der Waals surface area contributed by atoms with Crippen LogP contribution in [0, 0.1) is 0 Å². The highest BCUT2D eigenvalue weighted by molar-refractivity contribution is 7.90. The number of nitrogens with zero attached hydrogens (tertiary/aromatic N) is 1. The lowest BCUT2D eigenvalue weighted by molar-refractivity contribution is 0.412. The lowest BCUT2D eigenvalue weighted by Crippen LogP contribution is -2.36. The molecule has 142 valence electrons. The zero-order valence-electron chi connectivity index (χ0n) is 14.1. The lowest BCUT2D eigenvalue weighted by Gasteiger charge is -2.22. The summed E-state index contributed by atoms with van der Waals surface area (Å²) in [6, 6.07) is 5.23. The molecule has 0 bridgehead atoms. The molecule has 26 heavy (non-hydrogen) atoms. The predicted octanol–water partition coefficient (Wildman–Crippen LogP) is 2.23. The number of hydrogen-bond donors (Lipinski definition) is 2. The summed E-state index contributed by atoms with van der Waals surface area (Å²) in [5.74, 6) is 0. The van der Waals surface area contributed by atoms with Gasteiger partial charge in [-0.3, -0.25) is 4.98 Å². The van der Waals surface area contributed by atoms with Crippen LogP contribution in [-0.4, -0.2) is 27.9 Å². The maximum atomic E-state index is 12.5. The summed E-state index contributed by atoms with van der Waals surface area (Å²) in [5, 5.41) is 0. The summed E-state index contributed by atoms with van der Waals surface area (Å²) in [6.45, 7) is 0.149. The molecule has 0 saturated heterocycles. The minimum Gasteiger partial charge on any atom is -0.253 e. The molecule has 0 amide bonds. The summed E-state index contributed by atoms with van der Waals surface area (Å²) >= 11 is 1.36. The first kappa shape index (κ1) is 19.4. The van der Waals surface area contributed by atoms with E-state index in [4.69, 9.17) is 0 Å². The molecule has 1 fully saturated rings. The average molecular weight is 416 g/mol. The fraction of sp³-hybridized carbons (Fsp3) is 0.438. The topological polar surface area (TPSA) is 105 Å². The van der Waals surface area contributed by atoms with Crippen molar-refractivity contribution in [1.82, 2.24) is 14.4 Å². The number of benzene rings is 1. The molecule has 1 aliphatic carbocycles. The van der Waals surface area contributed by atoms with E-state index in [0.29, 0.717) is 0 Å². The van der Waals surface area contributed by atoms with Crippen LogP contribution in [0.5, 0.6) is 0 Å². The summed E-state index contributed by atoms with van der Waals surface area (Å²) < 4.78 is 54.7. The second-order valence-corrected chi connectivity index (χ2v) is 10.7. The Hall–Kier alpha value is -1.33. The van der Waals surface area contributed by atoms with Crippen molar-refractivity contribution in [2.75, 3.05) is 0 Å². The van der Waals surface area contributed by atoms with Crippen LogP contribution in [-0.2, 0) is 26.6 Å². The molecule has 0 aliphatic heterocycles. The molecular weight excluding hydrogens is 394 g/mol. The predicted molar refractivity (Wildman–Crippen MR) is 99.8 cm³/mol. The normalized spacial score (nSPS) is 16.6. The molecule has 1 heterocycles. The highest BCUT2D eigenvalue weighted by Crippen LogP contribution is 2.21. The van der Waals surface area contributed by atoms with E-state index in [2.05, 4.69) is 14.4 Å². The van der Waals surface area contributed by atoms with Crippen molar-refractivity contribution < 1.29 is 16.8 Å². The van der Waals surface area contributed by atoms with Crippen LogP contribution in [0.3, 0.4) is 0 Å². The van der Waals surface area contributed by atoms with Crippen molar-refractivity contribution >= 4 is 31.4 Å². The first-order chi connectivity index (χ1) is 12.4. The molecule has 0 unspecified atom stereocenters. The van der Waals surface area contributed by atoms with Crippen LogP contribution in [0.4, 0.5) is 0 Å². The zero-order valence-corrected chi connectivity index (χ0v) is 16.5. The Morgan fingerprint density at radius 3 is 2.15 bits per heavy atom. The van der Waals surface area contributed by atoms with Crippen molar-refractivity contribution in [2.45, 2.75) is 54.5 Å². The van der Waals surface area contributed by atoms with E-state index in [1.807, 2.05) is 0 Å². The van der Waals surface area contributed by atoms with Crippen molar-refractivity contribution in [3.63, 3.8) is 0 Å². The summed E-state index contributed by atoms with van der Waals surface area (Å²) in [5.41, 5.74) is 1.63. The Bertz CT molecular complexity index is 918. The van der Waals surface area contributed by atoms with Crippen LogP contribution in [0.15, 0.2) is 45.8 Å². The molecule has 2 aromatic rings. The van der Waals surface area contributed by atoms with Gasteiger partial charge in [-0.25, -0.2) is 26.3 Å². The van der Waals surface area contributed by atoms with E-state index < -0.39 is 20.0 Å². The van der Waals surface area contributed by atoms with E-state index in [0.717, 1.165) is 37.0 Å². The quantitative estimate of drug-likeness (QED) is 0.721. The van der Waals surface area contributed by atoms with Gasteiger partial charge in [0.05, 0.1) is 15.3 Å². The molecule has 1 aromatic heterocycles. The molecular formula is C16H21N3O4S3. The van der Waals surface area contributed by atoms with Gasteiger partial charge in [-0.1, -0.05) is 19.3 Å². The number of hydrogen-bond acceptors (Lipinski definition) is 6. The van der Waals surface area contributed by atoms with Gasteiger partial charge in [0.2, 0.25) is 20.0 Å². The van der Waals surface area contributed by atoms with Crippen LogP contribution in [0.2, 0.25) is 0 Å². The smallest absolute Gasteiger partial charge is 0.240 e. The largest absolute Gasteiger partial charge is 0.253 e. The fourth-order valence-corrected chi connectivity index (χ4v) is 5.82. The van der Waals surface area contributed by atoms with Gasteiger partial charge in [-0.05, 0) is 37.1 Å².